The highest BCUT2D eigenvalue weighted by molar-refractivity contribution is 5.54. The highest BCUT2D eigenvalue weighted by atomic mass is 19.2. The molecule has 0 bridgehead atoms. The Morgan fingerprint density at radius 1 is 1.25 bits per heavy atom. The predicted molar refractivity (Wildman–Crippen MR) is 64.4 cm³/mol. The first-order valence-corrected chi connectivity index (χ1v) is 6.28. The van der Waals surface area contributed by atoms with E-state index >= 15 is 0 Å². The molecular formula is C13H12F3N3O. The number of halogens is 3. The van der Waals surface area contributed by atoms with Crippen molar-refractivity contribution in [1.82, 2.24) is 15.5 Å². The zero-order valence-electron chi connectivity index (χ0n) is 10.7. The number of hydrogen-bond donors (Lipinski definition) is 1. The van der Waals surface area contributed by atoms with Crippen LogP contribution >= 0.6 is 0 Å². The van der Waals surface area contributed by atoms with Gasteiger partial charge < -0.3 is 9.84 Å². The minimum Gasteiger partial charge on any atom is -0.339 e. The third kappa shape index (κ3) is 2.18. The van der Waals surface area contributed by atoms with Crippen LogP contribution in [-0.2, 0) is 0 Å². The Kier molecular flexibility index (Phi) is 3.21. The molecule has 106 valence electrons. The molecule has 1 aliphatic heterocycles. The van der Waals surface area contributed by atoms with E-state index in [1.807, 2.05) is 6.92 Å². The van der Waals surface area contributed by atoms with Crippen molar-refractivity contribution >= 4 is 0 Å². The molecule has 1 fully saturated rings. The smallest absolute Gasteiger partial charge is 0.231 e. The molecule has 0 aliphatic carbocycles. The van der Waals surface area contributed by atoms with E-state index in [2.05, 4.69) is 15.5 Å². The van der Waals surface area contributed by atoms with Crippen LogP contribution in [0.5, 0.6) is 0 Å². The average Bonchev–Trinajstić information content (AvgIpc) is 3.03. The highest BCUT2D eigenvalue weighted by Gasteiger charge is 2.29. The van der Waals surface area contributed by atoms with E-state index < -0.39 is 17.5 Å². The maximum absolute atomic E-state index is 13.2. The normalized spacial score (nSPS) is 22.4. The number of hydrogen-bond acceptors (Lipinski definition) is 4. The lowest BCUT2D eigenvalue weighted by molar-refractivity contribution is 0.345. The predicted octanol–water partition coefficient (Wildman–Crippen LogP) is 2.62. The van der Waals surface area contributed by atoms with Crippen molar-refractivity contribution in [3.8, 4) is 11.4 Å². The summed E-state index contributed by atoms with van der Waals surface area (Å²) >= 11 is 0. The summed E-state index contributed by atoms with van der Waals surface area (Å²) in [4.78, 5) is 4.15. The second-order valence-electron chi connectivity index (χ2n) is 4.85. The summed E-state index contributed by atoms with van der Waals surface area (Å²) in [6.07, 6.45) is 0.856. The van der Waals surface area contributed by atoms with Crippen LogP contribution in [-0.4, -0.2) is 22.7 Å². The summed E-state index contributed by atoms with van der Waals surface area (Å²) < 4.78 is 44.4. The van der Waals surface area contributed by atoms with Crippen LogP contribution in [0.1, 0.15) is 25.2 Å². The molecule has 1 saturated heterocycles. The molecule has 1 aromatic carbocycles. The van der Waals surface area contributed by atoms with Gasteiger partial charge in [-0.2, -0.15) is 4.98 Å². The van der Waals surface area contributed by atoms with Gasteiger partial charge in [0.1, 0.15) is 0 Å². The fraction of sp³-hybridized carbons (Fsp3) is 0.385. The summed E-state index contributed by atoms with van der Waals surface area (Å²) in [5.74, 6) is -3.51. The van der Waals surface area contributed by atoms with Gasteiger partial charge in [0.05, 0.1) is 5.92 Å². The van der Waals surface area contributed by atoms with Crippen LogP contribution in [0.4, 0.5) is 13.2 Å². The fourth-order valence-electron chi connectivity index (χ4n) is 2.38. The highest BCUT2D eigenvalue weighted by Crippen LogP contribution is 2.28. The monoisotopic (exact) mass is 283 g/mol. The maximum atomic E-state index is 13.2. The van der Waals surface area contributed by atoms with Crippen LogP contribution in [0.2, 0.25) is 0 Å². The Balaban J connectivity index is 1.94. The summed E-state index contributed by atoms with van der Waals surface area (Å²) in [6.45, 7) is 2.85. The summed E-state index contributed by atoms with van der Waals surface area (Å²) in [6, 6.07) is 1.90. The minimum absolute atomic E-state index is 0.0509. The molecule has 1 N–H and O–H groups in total. The van der Waals surface area contributed by atoms with Gasteiger partial charge >= 0.3 is 0 Å². The first-order valence-electron chi connectivity index (χ1n) is 6.28. The van der Waals surface area contributed by atoms with Crippen molar-refractivity contribution in [2.75, 3.05) is 6.54 Å². The molecule has 4 nitrogen and oxygen atoms in total. The fourth-order valence-corrected chi connectivity index (χ4v) is 2.38. The van der Waals surface area contributed by atoms with E-state index in [0.717, 1.165) is 25.1 Å². The molecule has 2 atom stereocenters. The molecule has 1 aromatic heterocycles. The Morgan fingerprint density at radius 3 is 2.55 bits per heavy atom. The Bertz CT molecular complexity index is 621. The van der Waals surface area contributed by atoms with Gasteiger partial charge in [-0.1, -0.05) is 5.16 Å². The van der Waals surface area contributed by atoms with E-state index in [-0.39, 0.29) is 23.3 Å². The second kappa shape index (κ2) is 4.90. The lowest BCUT2D eigenvalue weighted by Gasteiger charge is -2.08. The molecule has 20 heavy (non-hydrogen) atoms. The van der Waals surface area contributed by atoms with E-state index in [1.165, 1.54) is 0 Å². The molecule has 0 radical (unpaired) electrons. The molecule has 0 amide bonds. The third-order valence-corrected chi connectivity index (χ3v) is 3.53. The van der Waals surface area contributed by atoms with Crippen LogP contribution in [0, 0.1) is 17.5 Å². The molecule has 2 unspecified atom stereocenters. The minimum atomic E-state index is -1.51. The zero-order valence-corrected chi connectivity index (χ0v) is 10.7. The van der Waals surface area contributed by atoms with Crippen LogP contribution in [0.25, 0.3) is 11.4 Å². The Labute approximate surface area is 113 Å². The first kappa shape index (κ1) is 13.1. The quantitative estimate of drug-likeness (QED) is 0.861. The number of nitrogens with zero attached hydrogens (tertiary/aromatic N) is 2. The molecular weight excluding hydrogens is 271 g/mol. The van der Waals surface area contributed by atoms with Crippen molar-refractivity contribution in [2.24, 2.45) is 0 Å². The number of benzene rings is 1. The molecule has 1 aliphatic rings. The first-order chi connectivity index (χ1) is 9.56. The van der Waals surface area contributed by atoms with Gasteiger partial charge in [0.2, 0.25) is 11.7 Å². The second-order valence-corrected chi connectivity index (χ2v) is 4.85. The summed E-state index contributed by atoms with van der Waals surface area (Å²) in [7, 11) is 0. The molecule has 7 heteroatoms. The number of aromatic nitrogens is 2. The standard InChI is InChI=1S/C13H12F3N3O/c1-6-8(2-3-17-6)13-18-12(19-20-13)7-4-9(14)11(16)10(15)5-7/h4-6,8,17H,2-3H2,1H3. The van der Waals surface area contributed by atoms with Gasteiger partial charge in [-0.15, -0.1) is 0 Å². The van der Waals surface area contributed by atoms with E-state index in [4.69, 9.17) is 4.52 Å². The van der Waals surface area contributed by atoms with E-state index in [1.54, 1.807) is 0 Å². The van der Waals surface area contributed by atoms with Gasteiger partial charge in [0.15, 0.2) is 17.5 Å². The van der Waals surface area contributed by atoms with Crippen molar-refractivity contribution in [2.45, 2.75) is 25.3 Å². The SMILES string of the molecule is CC1NCCC1c1nc(-c2cc(F)c(F)c(F)c2)no1. The molecule has 0 saturated carbocycles. The van der Waals surface area contributed by atoms with Crippen molar-refractivity contribution in [1.29, 1.82) is 0 Å². The summed E-state index contributed by atoms with van der Waals surface area (Å²) in [5, 5.41) is 6.95. The van der Waals surface area contributed by atoms with Gasteiger partial charge in [-0.25, -0.2) is 13.2 Å². The van der Waals surface area contributed by atoms with Crippen molar-refractivity contribution in [3.63, 3.8) is 0 Å². The van der Waals surface area contributed by atoms with Crippen LogP contribution in [0.15, 0.2) is 16.7 Å². The number of rotatable bonds is 2. The van der Waals surface area contributed by atoms with Gasteiger partial charge in [0, 0.05) is 11.6 Å². The van der Waals surface area contributed by atoms with E-state index in [0.29, 0.717) is 5.89 Å². The lowest BCUT2D eigenvalue weighted by atomic mass is 10.0. The van der Waals surface area contributed by atoms with Crippen molar-refractivity contribution in [3.05, 3.63) is 35.5 Å². The van der Waals surface area contributed by atoms with Crippen LogP contribution < -0.4 is 5.32 Å². The van der Waals surface area contributed by atoms with E-state index in [9.17, 15) is 13.2 Å². The van der Waals surface area contributed by atoms with Crippen molar-refractivity contribution < 1.29 is 17.7 Å². The zero-order chi connectivity index (χ0) is 14.3. The molecule has 0 spiro atoms. The van der Waals surface area contributed by atoms with Gasteiger partial charge in [-0.3, -0.25) is 0 Å². The lowest BCUT2D eigenvalue weighted by Crippen LogP contribution is -2.21. The molecule has 3 rings (SSSR count). The maximum Gasteiger partial charge on any atom is 0.231 e. The van der Waals surface area contributed by atoms with Gasteiger partial charge in [0.25, 0.3) is 0 Å². The van der Waals surface area contributed by atoms with Crippen LogP contribution in [0.3, 0.4) is 0 Å². The average molecular weight is 283 g/mol. The number of nitrogens with one attached hydrogen (secondary N) is 1. The largest absolute Gasteiger partial charge is 0.339 e. The topological polar surface area (TPSA) is 51.0 Å². The molecule has 2 aromatic rings. The Morgan fingerprint density at radius 2 is 1.95 bits per heavy atom. The molecule has 2 heterocycles. The van der Waals surface area contributed by atoms with Gasteiger partial charge in [-0.05, 0) is 32.0 Å². The Hall–Kier alpha value is -1.89. The third-order valence-electron chi connectivity index (χ3n) is 3.53. The summed E-state index contributed by atoms with van der Waals surface area (Å²) in [5.41, 5.74) is 0.0509.